The van der Waals surface area contributed by atoms with Gasteiger partial charge in [0, 0.05) is 18.7 Å². The van der Waals surface area contributed by atoms with Crippen molar-refractivity contribution in [3.05, 3.63) is 29.8 Å². The van der Waals surface area contributed by atoms with E-state index in [4.69, 9.17) is 5.73 Å². The Kier molecular flexibility index (Phi) is 3.46. The molecule has 0 amide bonds. The number of guanidine groups is 1. The van der Waals surface area contributed by atoms with Crippen LogP contribution in [0.1, 0.15) is 18.9 Å². The van der Waals surface area contributed by atoms with E-state index < -0.39 is 11.7 Å². The topological polar surface area (TPSA) is 54.0 Å². The van der Waals surface area contributed by atoms with Gasteiger partial charge in [-0.05, 0) is 31.2 Å². The average Bonchev–Trinajstić information content (AvgIpc) is 2.75. The molecule has 7 heteroatoms. The van der Waals surface area contributed by atoms with Gasteiger partial charge in [-0.2, -0.15) is 18.3 Å². The highest BCUT2D eigenvalue weighted by molar-refractivity contribution is 5.88. The summed E-state index contributed by atoms with van der Waals surface area (Å²) in [5, 5.41) is 5.69. The van der Waals surface area contributed by atoms with Gasteiger partial charge in [-0.25, -0.2) is 10.0 Å². The lowest BCUT2D eigenvalue weighted by atomic mass is 10.2. The summed E-state index contributed by atoms with van der Waals surface area (Å²) in [4.78, 5) is 4.04. The summed E-state index contributed by atoms with van der Waals surface area (Å²) in [6, 6.07) is 4.51. The zero-order valence-electron chi connectivity index (χ0n) is 10.3. The van der Waals surface area contributed by atoms with E-state index in [0.717, 1.165) is 24.3 Å². The Bertz CT molecular complexity index is 517. The molecule has 0 aromatic heterocycles. The van der Waals surface area contributed by atoms with Crippen LogP contribution < -0.4 is 5.73 Å². The van der Waals surface area contributed by atoms with Crippen LogP contribution in [0.5, 0.6) is 0 Å². The van der Waals surface area contributed by atoms with Gasteiger partial charge in [0.1, 0.15) is 0 Å². The van der Waals surface area contributed by atoms with Gasteiger partial charge in [-0.1, -0.05) is 0 Å². The van der Waals surface area contributed by atoms with Crippen LogP contribution in [-0.2, 0) is 6.18 Å². The van der Waals surface area contributed by atoms with Crippen molar-refractivity contribution in [2.24, 2.45) is 15.8 Å². The molecule has 2 rings (SSSR count). The Morgan fingerprint density at radius 1 is 1.32 bits per heavy atom. The molecule has 0 fully saturated rings. The quantitative estimate of drug-likeness (QED) is 0.630. The van der Waals surface area contributed by atoms with E-state index in [-0.39, 0.29) is 5.96 Å². The summed E-state index contributed by atoms with van der Waals surface area (Å²) in [6.07, 6.45) is -3.53. The second kappa shape index (κ2) is 4.91. The third-order valence-electron chi connectivity index (χ3n) is 2.68. The smallest absolute Gasteiger partial charge is 0.368 e. The molecule has 4 nitrogen and oxygen atoms in total. The molecule has 0 unspecified atom stereocenters. The fourth-order valence-electron chi connectivity index (χ4n) is 1.65. The van der Waals surface area contributed by atoms with Gasteiger partial charge in [-0.3, -0.25) is 0 Å². The number of hydrogen-bond acceptors (Lipinski definition) is 2. The minimum atomic E-state index is -4.34. The summed E-state index contributed by atoms with van der Waals surface area (Å²) < 4.78 is 37.2. The molecule has 1 aromatic rings. The number of hydrazone groups is 1. The van der Waals surface area contributed by atoms with Gasteiger partial charge in [0.05, 0.1) is 11.3 Å². The second-order valence-electron chi connectivity index (χ2n) is 4.22. The van der Waals surface area contributed by atoms with Gasteiger partial charge in [0.15, 0.2) is 0 Å². The van der Waals surface area contributed by atoms with Crippen molar-refractivity contribution in [1.29, 1.82) is 0 Å². The highest BCUT2D eigenvalue weighted by Crippen LogP contribution is 2.30. The Balaban J connectivity index is 2.15. The van der Waals surface area contributed by atoms with Gasteiger partial charge in [0.25, 0.3) is 0 Å². The van der Waals surface area contributed by atoms with Gasteiger partial charge in [0.2, 0.25) is 5.96 Å². The van der Waals surface area contributed by atoms with Crippen molar-refractivity contribution in [2.45, 2.75) is 19.5 Å². The Labute approximate surface area is 108 Å². The van der Waals surface area contributed by atoms with Crippen molar-refractivity contribution in [1.82, 2.24) is 5.01 Å². The van der Waals surface area contributed by atoms with Gasteiger partial charge >= 0.3 is 6.18 Å². The molecule has 0 saturated heterocycles. The Hall–Kier alpha value is -2.05. The molecule has 1 aliphatic rings. The predicted octanol–water partition coefficient (Wildman–Crippen LogP) is 2.73. The first-order valence-corrected chi connectivity index (χ1v) is 5.69. The zero-order valence-corrected chi connectivity index (χ0v) is 10.3. The molecule has 1 heterocycles. The van der Waals surface area contributed by atoms with E-state index >= 15 is 0 Å². The van der Waals surface area contributed by atoms with Gasteiger partial charge in [-0.15, -0.1) is 0 Å². The minimum Gasteiger partial charge on any atom is -0.368 e. The summed E-state index contributed by atoms with van der Waals surface area (Å²) in [5.41, 5.74) is 6.35. The third kappa shape index (κ3) is 3.24. The Morgan fingerprint density at radius 3 is 2.42 bits per heavy atom. The average molecular weight is 270 g/mol. The highest BCUT2D eigenvalue weighted by atomic mass is 19.4. The van der Waals surface area contributed by atoms with E-state index in [1.807, 2.05) is 6.92 Å². The zero-order chi connectivity index (χ0) is 14.0. The third-order valence-corrected chi connectivity index (χ3v) is 2.68. The van der Waals surface area contributed by atoms with Crippen molar-refractivity contribution < 1.29 is 13.2 Å². The first-order valence-electron chi connectivity index (χ1n) is 5.69. The number of halogens is 3. The monoisotopic (exact) mass is 270 g/mol. The molecule has 1 aromatic carbocycles. The number of hydrogen-bond donors (Lipinski definition) is 1. The van der Waals surface area contributed by atoms with Crippen molar-refractivity contribution in [2.75, 3.05) is 6.54 Å². The van der Waals surface area contributed by atoms with Gasteiger partial charge < -0.3 is 5.73 Å². The molecule has 2 N–H and O–H groups in total. The molecular weight excluding hydrogens is 257 g/mol. The maximum absolute atomic E-state index is 12.4. The molecule has 0 radical (unpaired) electrons. The van der Waals surface area contributed by atoms with Crippen LogP contribution in [0.25, 0.3) is 0 Å². The van der Waals surface area contributed by atoms with E-state index in [1.165, 1.54) is 17.1 Å². The summed E-state index contributed by atoms with van der Waals surface area (Å²) in [7, 11) is 0. The summed E-state index contributed by atoms with van der Waals surface area (Å²) in [6.45, 7) is 2.52. The molecule has 0 bridgehead atoms. The maximum atomic E-state index is 12.4. The molecule has 0 saturated carbocycles. The lowest BCUT2D eigenvalue weighted by Crippen LogP contribution is -2.31. The molecule has 0 spiro atoms. The first kappa shape index (κ1) is 13.4. The lowest BCUT2D eigenvalue weighted by molar-refractivity contribution is -0.137. The SMILES string of the molecule is CC1=NN(C(N)=Nc2ccc(C(F)(F)F)cc2)CC1. The number of alkyl halides is 3. The van der Waals surface area contributed by atoms with Crippen molar-refractivity contribution in [3.63, 3.8) is 0 Å². The highest BCUT2D eigenvalue weighted by Gasteiger charge is 2.29. The minimum absolute atomic E-state index is 0.177. The molecule has 102 valence electrons. The van der Waals surface area contributed by atoms with Crippen LogP contribution in [0, 0.1) is 0 Å². The number of benzene rings is 1. The Morgan fingerprint density at radius 2 is 1.95 bits per heavy atom. The lowest BCUT2D eigenvalue weighted by Gasteiger charge is -2.12. The van der Waals surface area contributed by atoms with E-state index in [2.05, 4.69) is 10.1 Å². The second-order valence-corrected chi connectivity index (χ2v) is 4.22. The number of aliphatic imine (C=N–C) groups is 1. The summed E-state index contributed by atoms with van der Waals surface area (Å²) in [5.74, 6) is 0.177. The molecular formula is C12H13F3N4. The fourth-order valence-corrected chi connectivity index (χ4v) is 1.65. The fraction of sp³-hybridized carbons (Fsp3) is 0.333. The van der Waals surface area contributed by atoms with E-state index in [1.54, 1.807) is 0 Å². The van der Waals surface area contributed by atoms with Crippen molar-refractivity contribution >= 4 is 17.4 Å². The van der Waals surface area contributed by atoms with E-state index in [0.29, 0.717) is 12.2 Å². The van der Waals surface area contributed by atoms with Crippen molar-refractivity contribution in [3.8, 4) is 0 Å². The van der Waals surface area contributed by atoms with Crippen LogP contribution in [-0.4, -0.2) is 23.2 Å². The first-order chi connectivity index (χ1) is 8.86. The number of rotatable bonds is 1. The molecule has 0 aliphatic carbocycles. The van der Waals surface area contributed by atoms with Crippen LogP contribution in [0.2, 0.25) is 0 Å². The number of nitrogens with zero attached hydrogens (tertiary/aromatic N) is 3. The standard InChI is InChI=1S/C12H13F3N4/c1-8-6-7-19(18-8)11(16)17-10-4-2-9(3-5-10)12(13,14)15/h2-5H,6-7H2,1H3,(H2,16,17). The van der Waals surface area contributed by atoms with Crippen LogP contribution in [0.3, 0.4) is 0 Å². The van der Waals surface area contributed by atoms with Crippen LogP contribution in [0.4, 0.5) is 18.9 Å². The molecule has 19 heavy (non-hydrogen) atoms. The molecule has 1 aliphatic heterocycles. The summed E-state index contributed by atoms with van der Waals surface area (Å²) >= 11 is 0. The number of nitrogens with two attached hydrogens (primary N) is 1. The normalized spacial score (nSPS) is 16.7. The largest absolute Gasteiger partial charge is 0.416 e. The predicted molar refractivity (Wildman–Crippen MR) is 67.2 cm³/mol. The van der Waals surface area contributed by atoms with Crippen LogP contribution in [0.15, 0.2) is 34.4 Å². The molecule has 0 atom stereocenters. The van der Waals surface area contributed by atoms with Crippen LogP contribution >= 0.6 is 0 Å². The maximum Gasteiger partial charge on any atom is 0.416 e. The van der Waals surface area contributed by atoms with E-state index in [9.17, 15) is 13.2 Å².